The lowest BCUT2D eigenvalue weighted by atomic mass is 9.81. The van der Waals surface area contributed by atoms with E-state index in [1.807, 2.05) is 0 Å². The molecule has 0 radical (unpaired) electrons. The van der Waals surface area contributed by atoms with Crippen LogP contribution in [0.1, 0.15) is 32.1 Å². The van der Waals surface area contributed by atoms with Crippen LogP contribution in [-0.4, -0.2) is 37.1 Å². The first-order chi connectivity index (χ1) is 8.02. The van der Waals surface area contributed by atoms with Crippen molar-refractivity contribution in [2.24, 2.45) is 11.5 Å². The average molecular weight is 280 g/mol. The van der Waals surface area contributed by atoms with Gasteiger partial charge in [-0.15, -0.1) is 12.4 Å². The number of primary amides is 1. The van der Waals surface area contributed by atoms with Gasteiger partial charge >= 0.3 is 0 Å². The van der Waals surface area contributed by atoms with Crippen LogP contribution in [0, 0.1) is 0 Å². The quantitative estimate of drug-likeness (QED) is 0.641. The van der Waals surface area contributed by atoms with Gasteiger partial charge in [0.15, 0.2) is 0 Å². The normalized spacial score (nSPS) is 19.4. The first-order valence-electron chi connectivity index (χ1n) is 5.88. The zero-order valence-corrected chi connectivity index (χ0v) is 11.4. The molecule has 106 valence electrons. The minimum Gasteiger partial charge on any atom is -0.383 e. The Bertz CT molecular complexity index is 293. The van der Waals surface area contributed by atoms with Crippen LogP contribution in [0.4, 0.5) is 0 Å². The van der Waals surface area contributed by atoms with E-state index in [0.29, 0.717) is 12.8 Å². The summed E-state index contributed by atoms with van der Waals surface area (Å²) in [6, 6.07) is -0.766. The van der Waals surface area contributed by atoms with Crippen molar-refractivity contribution in [2.45, 2.75) is 43.7 Å². The van der Waals surface area contributed by atoms with Crippen LogP contribution in [-0.2, 0) is 14.3 Å². The molecule has 0 aromatic rings. The van der Waals surface area contributed by atoms with E-state index in [9.17, 15) is 9.59 Å². The zero-order chi connectivity index (χ0) is 12.9. The summed E-state index contributed by atoms with van der Waals surface area (Å²) in [6.07, 6.45) is 4.03. The van der Waals surface area contributed by atoms with Crippen LogP contribution in [0.2, 0.25) is 0 Å². The Morgan fingerprint density at radius 2 is 1.89 bits per heavy atom. The molecule has 1 fully saturated rings. The molecule has 6 nitrogen and oxygen atoms in total. The maximum Gasteiger partial charge on any atom is 0.243 e. The fraction of sp³-hybridized carbons (Fsp3) is 0.818. The highest BCUT2D eigenvalue weighted by molar-refractivity contribution is 5.92. The first kappa shape index (κ1) is 17.2. The Labute approximate surface area is 113 Å². The van der Waals surface area contributed by atoms with Crippen molar-refractivity contribution in [3.63, 3.8) is 0 Å². The number of amides is 2. The molecule has 5 N–H and O–H groups in total. The van der Waals surface area contributed by atoms with E-state index in [1.54, 1.807) is 0 Å². The monoisotopic (exact) mass is 279 g/mol. The molecule has 1 rings (SSSR count). The molecular weight excluding hydrogens is 258 g/mol. The zero-order valence-electron chi connectivity index (χ0n) is 10.6. The number of carbonyl (C=O) groups is 2. The molecule has 1 aliphatic rings. The van der Waals surface area contributed by atoms with Crippen LogP contribution in [0.3, 0.4) is 0 Å². The SMILES string of the molecule is COCC(N)C(=O)NC1(C(N)=O)CCCCC1.Cl. The van der Waals surface area contributed by atoms with E-state index >= 15 is 0 Å². The average Bonchev–Trinajstić information content (AvgIpc) is 2.30. The van der Waals surface area contributed by atoms with Gasteiger partial charge in [-0.2, -0.15) is 0 Å². The van der Waals surface area contributed by atoms with Crippen LogP contribution < -0.4 is 16.8 Å². The van der Waals surface area contributed by atoms with Gasteiger partial charge in [-0.3, -0.25) is 9.59 Å². The molecule has 0 bridgehead atoms. The van der Waals surface area contributed by atoms with Gasteiger partial charge in [0.1, 0.15) is 11.6 Å². The van der Waals surface area contributed by atoms with Gasteiger partial charge in [-0.25, -0.2) is 0 Å². The van der Waals surface area contributed by atoms with Gasteiger partial charge < -0.3 is 21.5 Å². The molecule has 1 saturated carbocycles. The summed E-state index contributed by atoms with van der Waals surface area (Å²) in [6.45, 7) is 0.126. The molecule has 1 aliphatic carbocycles. The van der Waals surface area contributed by atoms with Crippen molar-refractivity contribution in [1.29, 1.82) is 0 Å². The summed E-state index contributed by atoms with van der Waals surface area (Å²) in [5.41, 5.74) is 10.1. The number of rotatable bonds is 5. The Morgan fingerprint density at radius 3 is 2.33 bits per heavy atom. The van der Waals surface area contributed by atoms with E-state index < -0.39 is 17.5 Å². The maximum atomic E-state index is 11.8. The van der Waals surface area contributed by atoms with Crippen LogP contribution in [0.25, 0.3) is 0 Å². The van der Waals surface area contributed by atoms with E-state index in [0.717, 1.165) is 19.3 Å². The largest absolute Gasteiger partial charge is 0.383 e. The van der Waals surface area contributed by atoms with Crippen molar-refractivity contribution in [2.75, 3.05) is 13.7 Å². The summed E-state index contributed by atoms with van der Waals surface area (Å²) < 4.78 is 4.81. The molecule has 0 aliphatic heterocycles. The van der Waals surface area contributed by atoms with Crippen LogP contribution in [0.5, 0.6) is 0 Å². The van der Waals surface area contributed by atoms with Crippen molar-refractivity contribution in [3.05, 3.63) is 0 Å². The molecule has 7 heteroatoms. The Morgan fingerprint density at radius 1 is 1.33 bits per heavy atom. The number of nitrogens with two attached hydrogens (primary N) is 2. The summed E-state index contributed by atoms with van der Waals surface area (Å²) in [7, 11) is 1.47. The van der Waals surface area contributed by atoms with E-state index in [4.69, 9.17) is 16.2 Å². The number of hydrogen-bond acceptors (Lipinski definition) is 4. The minimum absolute atomic E-state index is 0. The molecule has 0 aromatic carbocycles. The van der Waals surface area contributed by atoms with Crippen molar-refractivity contribution >= 4 is 24.2 Å². The lowest BCUT2D eigenvalue weighted by molar-refractivity contribution is -0.134. The molecule has 2 amide bonds. The molecule has 18 heavy (non-hydrogen) atoms. The number of nitrogens with one attached hydrogen (secondary N) is 1. The second kappa shape index (κ2) is 7.56. The summed E-state index contributed by atoms with van der Waals surface area (Å²) in [5.74, 6) is -0.859. The van der Waals surface area contributed by atoms with Crippen molar-refractivity contribution in [1.82, 2.24) is 5.32 Å². The maximum absolute atomic E-state index is 11.8. The van der Waals surface area contributed by atoms with Gasteiger partial charge in [0, 0.05) is 7.11 Å². The number of carbonyl (C=O) groups excluding carboxylic acids is 2. The highest BCUT2D eigenvalue weighted by atomic mass is 35.5. The molecule has 0 heterocycles. The van der Waals surface area contributed by atoms with Crippen molar-refractivity contribution < 1.29 is 14.3 Å². The number of ether oxygens (including phenoxy) is 1. The Kier molecular flexibility index (Phi) is 7.20. The van der Waals surface area contributed by atoms with Gasteiger partial charge in [-0.1, -0.05) is 19.3 Å². The first-order valence-corrected chi connectivity index (χ1v) is 5.88. The molecule has 1 atom stereocenters. The van der Waals surface area contributed by atoms with Gasteiger partial charge in [0.25, 0.3) is 0 Å². The molecule has 1 unspecified atom stereocenters. The van der Waals surface area contributed by atoms with Crippen molar-refractivity contribution in [3.8, 4) is 0 Å². The molecular formula is C11H22ClN3O3. The third-order valence-corrected chi connectivity index (χ3v) is 3.22. The third kappa shape index (κ3) is 4.12. The minimum atomic E-state index is -0.916. The molecule has 0 aromatic heterocycles. The Hall–Kier alpha value is -0.850. The van der Waals surface area contributed by atoms with Gasteiger partial charge in [0.05, 0.1) is 6.61 Å². The highest BCUT2D eigenvalue weighted by Gasteiger charge is 2.39. The van der Waals surface area contributed by atoms with E-state index in [2.05, 4.69) is 5.32 Å². The van der Waals surface area contributed by atoms with E-state index in [1.165, 1.54) is 7.11 Å². The molecule has 0 saturated heterocycles. The number of hydrogen-bond donors (Lipinski definition) is 3. The Balaban J connectivity index is 0.00000289. The van der Waals surface area contributed by atoms with Gasteiger partial charge in [0.2, 0.25) is 11.8 Å². The predicted octanol–water partition coefficient (Wildman–Crippen LogP) is -0.314. The summed E-state index contributed by atoms with van der Waals surface area (Å²) >= 11 is 0. The van der Waals surface area contributed by atoms with E-state index in [-0.39, 0.29) is 24.9 Å². The third-order valence-electron chi connectivity index (χ3n) is 3.22. The predicted molar refractivity (Wildman–Crippen MR) is 70.3 cm³/mol. The fourth-order valence-corrected chi connectivity index (χ4v) is 2.17. The lowest BCUT2D eigenvalue weighted by Crippen LogP contribution is -2.61. The second-order valence-corrected chi connectivity index (χ2v) is 4.56. The summed E-state index contributed by atoms with van der Waals surface area (Å²) in [4.78, 5) is 23.3. The van der Waals surface area contributed by atoms with Gasteiger partial charge in [-0.05, 0) is 12.8 Å². The number of halogens is 1. The van der Waals surface area contributed by atoms with Crippen LogP contribution in [0.15, 0.2) is 0 Å². The highest BCUT2D eigenvalue weighted by Crippen LogP contribution is 2.27. The topological polar surface area (TPSA) is 107 Å². The number of methoxy groups -OCH3 is 1. The lowest BCUT2D eigenvalue weighted by Gasteiger charge is -2.35. The smallest absolute Gasteiger partial charge is 0.243 e. The standard InChI is InChI=1S/C11H21N3O3.ClH/c1-17-7-8(12)9(15)14-11(10(13)16)5-3-2-4-6-11;/h8H,2-7,12H2,1H3,(H2,13,16)(H,14,15);1H. The molecule has 0 spiro atoms. The second-order valence-electron chi connectivity index (χ2n) is 4.56. The fourth-order valence-electron chi connectivity index (χ4n) is 2.17. The van der Waals surface area contributed by atoms with Crippen LogP contribution >= 0.6 is 12.4 Å². The summed E-state index contributed by atoms with van der Waals surface area (Å²) in [5, 5.41) is 2.70.